The predicted octanol–water partition coefficient (Wildman–Crippen LogP) is 8.51. The molecule has 186 valence electrons. The summed E-state index contributed by atoms with van der Waals surface area (Å²) in [5, 5.41) is 0. The van der Waals surface area contributed by atoms with Crippen molar-refractivity contribution in [2.75, 3.05) is 19.1 Å². The SMILES string of the molecule is COc1cc(OC)cc(-c2ccc(-c3ccc(N(c4ccccc4)c4ccccc4)cc3)c3nsnc23)c1. The van der Waals surface area contributed by atoms with E-state index < -0.39 is 0 Å². The molecule has 0 saturated carbocycles. The molecule has 6 aromatic rings. The fraction of sp³-hybridized carbons (Fsp3) is 0.0625. The molecule has 0 bridgehead atoms. The van der Waals surface area contributed by atoms with Crippen LogP contribution in [-0.2, 0) is 0 Å². The molecule has 5 aromatic carbocycles. The van der Waals surface area contributed by atoms with Crippen LogP contribution in [0.1, 0.15) is 0 Å². The number of fused-ring (bicyclic) bond motifs is 1. The second-order valence-electron chi connectivity index (χ2n) is 8.78. The minimum absolute atomic E-state index is 0.733. The first-order valence-corrected chi connectivity index (χ1v) is 13.0. The van der Waals surface area contributed by atoms with Gasteiger partial charge in [-0.3, -0.25) is 0 Å². The average Bonchev–Trinajstić information content (AvgIpc) is 3.48. The van der Waals surface area contributed by atoms with Crippen LogP contribution in [0.2, 0.25) is 0 Å². The summed E-state index contributed by atoms with van der Waals surface area (Å²) in [7, 11) is 3.31. The van der Waals surface area contributed by atoms with Gasteiger partial charge < -0.3 is 14.4 Å². The third kappa shape index (κ3) is 4.46. The average molecular weight is 516 g/mol. The van der Waals surface area contributed by atoms with Crippen LogP contribution in [0.25, 0.3) is 33.3 Å². The Morgan fingerprint density at radius 3 is 1.50 bits per heavy atom. The Balaban J connectivity index is 1.40. The van der Waals surface area contributed by atoms with Crippen molar-refractivity contribution in [1.29, 1.82) is 0 Å². The van der Waals surface area contributed by atoms with Gasteiger partial charge in [-0.2, -0.15) is 8.75 Å². The second kappa shape index (κ2) is 10.4. The maximum atomic E-state index is 5.48. The molecule has 0 unspecified atom stereocenters. The van der Waals surface area contributed by atoms with Crippen LogP contribution in [0.5, 0.6) is 11.5 Å². The van der Waals surface area contributed by atoms with Crippen LogP contribution in [0.4, 0.5) is 17.1 Å². The lowest BCUT2D eigenvalue weighted by Crippen LogP contribution is -2.09. The van der Waals surface area contributed by atoms with E-state index >= 15 is 0 Å². The molecule has 6 rings (SSSR count). The van der Waals surface area contributed by atoms with Gasteiger partial charge >= 0.3 is 0 Å². The van der Waals surface area contributed by atoms with Gasteiger partial charge in [-0.05, 0) is 59.7 Å². The lowest BCUT2D eigenvalue weighted by Gasteiger charge is -2.25. The van der Waals surface area contributed by atoms with Gasteiger partial charge in [-0.25, -0.2) is 0 Å². The van der Waals surface area contributed by atoms with E-state index in [4.69, 9.17) is 9.47 Å². The van der Waals surface area contributed by atoms with Crippen LogP contribution < -0.4 is 14.4 Å². The molecule has 0 amide bonds. The van der Waals surface area contributed by atoms with Crippen molar-refractivity contribution in [2.45, 2.75) is 0 Å². The molecule has 0 aliphatic heterocycles. The summed E-state index contributed by atoms with van der Waals surface area (Å²) in [5.74, 6) is 1.47. The van der Waals surface area contributed by atoms with Crippen LogP contribution in [0.15, 0.2) is 115 Å². The van der Waals surface area contributed by atoms with Crippen LogP contribution in [-0.4, -0.2) is 23.0 Å². The highest BCUT2D eigenvalue weighted by atomic mass is 32.1. The minimum atomic E-state index is 0.733. The quantitative estimate of drug-likeness (QED) is 0.213. The van der Waals surface area contributed by atoms with Gasteiger partial charge in [0.2, 0.25) is 0 Å². The maximum Gasteiger partial charge on any atom is 0.123 e. The van der Waals surface area contributed by atoms with Crippen LogP contribution in [0.3, 0.4) is 0 Å². The monoisotopic (exact) mass is 515 g/mol. The first-order valence-electron chi connectivity index (χ1n) is 12.2. The molecular weight excluding hydrogens is 490 g/mol. The van der Waals surface area contributed by atoms with E-state index in [1.807, 2.05) is 30.3 Å². The molecular formula is C32H25N3O2S. The summed E-state index contributed by atoms with van der Waals surface area (Å²) in [6.45, 7) is 0. The van der Waals surface area contributed by atoms with E-state index in [2.05, 4.69) is 98.6 Å². The van der Waals surface area contributed by atoms with Gasteiger partial charge in [-0.1, -0.05) is 60.7 Å². The summed E-state index contributed by atoms with van der Waals surface area (Å²) >= 11 is 1.22. The number of rotatable bonds is 7. The molecule has 0 radical (unpaired) electrons. The van der Waals surface area contributed by atoms with Crippen molar-refractivity contribution in [3.63, 3.8) is 0 Å². The van der Waals surface area contributed by atoms with Crippen molar-refractivity contribution in [2.24, 2.45) is 0 Å². The molecule has 0 spiro atoms. The lowest BCUT2D eigenvalue weighted by molar-refractivity contribution is 0.394. The standard InChI is InChI=1S/C32H25N3O2S/c1-36-27-19-23(20-28(21-27)37-2)30-18-17-29(31-32(30)34-38-33-31)22-13-15-26(16-14-22)35(24-9-5-3-6-10-24)25-11-7-4-8-12-25/h3-21H,1-2H3. The van der Waals surface area contributed by atoms with Gasteiger partial charge in [0, 0.05) is 34.3 Å². The summed E-state index contributed by atoms with van der Waals surface area (Å²) in [6.07, 6.45) is 0. The molecule has 1 heterocycles. The van der Waals surface area contributed by atoms with Crippen molar-refractivity contribution >= 4 is 39.8 Å². The highest BCUT2D eigenvalue weighted by Crippen LogP contribution is 2.39. The van der Waals surface area contributed by atoms with E-state index in [9.17, 15) is 0 Å². The van der Waals surface area contributed by atoms with Gasteiger partial charge in [0.25, 0.3) is 0 Å². The van der Waals surface area contributed by atoms with Crippen LogP contribution in [0, 0.1) is 0 Å². The second-order valence-corrected chi connectivity index (χ2v) is 9.31. The molecule has 0 aliphatic carbocycles. The van der Waals surface area contributed by atoms with Crippen molar-refractivity contribution in [1.82, 2.24) is 8.75 Å². The molecule has 0 aliphatic rings. The Labute approximate surface area is 225 Å². The fourth-order valence-corrected chi connectivity index (χ4v) is 5.26. The van der Waals surface area contributed by atoms with Crippen LogP contribution >= 0.6 is 11.7 Å². The van der Waals surface area contributed by atoms with Gasteiger partial charge in [0.15, 0.2) is 0 Å². The van der Waals surface area contributed by atoms with E-state index in [0.29, 0.717) is 0 Å². The van der Waals surface area contributed by atoms with Crippen molar-refractivity contribution in [3.05, 3.63) is 115 Å². The Hall–Kier alpha value is -4.68. The lowest BCUT2D eigenvalue weighted by atomic mass is 9.97. The number of hydrogen-bond acceptors (Lipinski definition) is 6. The first-order chi connectivity index (χ1) is 18.7. The maximum absolute atomic E-state index is 5.48. The summed E-state index contributed by atoms with van der Waals surface area (Å²) < 4.78 is 20.3. The highest BCUT2D eigenvalue weighted by Gasteiger charge is 2.16. The summed E-state index contributed by atoms with van der Waals surface area (Å²) in [6, 6.07) is 39.5. The third-order valence-electron chi connectivity index (χ3n) is 6.54. The molecule has 0 N–H and O–H groups in total. The van der Waals surface area contributed by atoms with Gasteiger partial charge in [0.05, 0.1) is 25.9 Å². The highest BCUT2D eigenvalue weighted by molar-refractivity contribution is 7.00. The summed E-state index contributed by atoms with van der Waals surface area (Å²) in [4.78, 5) is 2.25. The van der Waals surface area contributed by atoms with Gasteiger partial charge in [-0.15, -0.1) is 0 Å². The van der Waals surface area contributed by atoms with Crippen molar-refractivity contribution < 1.29 is 9.47 Å². The molecule has 0 fully saturated rings. The van der Waals surface area contributed by atoms with E-state index in [1.54, 1.807) is 14.2 Å². The van der Waals surface area contributed by atoms with E-state index in [-0.39, 0.29) is 0 Å². The predicted molar refractivity (Wildman–Crippen MR) is 156 cm³/mol. The molecule has 5 nitrogen and oxygen atoms in total. The Bertz CT molecular complexity index is 1620. The fourth-order valence-electron chi connectivity index (χ4n) is 4.69. The topological polar surface area (TPSA) is 47.5 Å². The van der Waals surface area contributed by atoms with Gasteiger partial charge in [0.1, 0.15) is 22.5 Å². The number of hydrogen-bond donors (Lipinski definition) is 0. The normalized spacial score (nSPS) is 10.9. The zero-order valence-corrected chi connectivity index (χ0v) is 21.9. The number of methoxy groups -OCH3 is 2. The molecule has 0 atom stereocenters. The number of para-hydroxylation sites is 2. The van der Waals surface area contributed by atoms with Crippen molar-refractivity contribution in [3.8, 4) is 33.8 Å². The Morgan fingerprint density at radius 1 is 0.526 bits per heavy atom. The third-order valence-corrected chi connectivity index (χ3v) is 7.07. The van der Waals surface area contributed by atoms with E-state index in [1.165, 1.54) is 11.7 Å². The zero-order chi connectivity index (χ0) is 25.9. The summed E-state index contributed by atoms with van der Waals surface area (Å²) in [5.41, 5.74) is 9.14. The largest absolute Gasteiger partial charge is 0.497 e. The molecule has 0 saturated heterocycles. The minimum Gasteiger partial charge on any atom is -0.497 e. The Morgan fingerprint density at radius 2 is 1.00 bits per heavy atom. The Kier molecular flexibility index (Phi) is 6.46. The molecule has 38 heavy (non-hydrogen) atoms. The van der Waals surface area contributed by atoms with E-state index in [0.717, 1.165) is 61.8 Å². The number of nitrogens with zero attached hydrogens (tertiary/aromatic N) is 3. The molecule has 1 aromatic heterocycles. The first kappa shape index (κ1) is 23.7. The number of aromatic nitrogens is 2. The number of ether oxygens (including phenoxy) is 2. The zero-order valence-electron chi connectivity index (χ0n) is 21.0. The molecule has 6 heteroatoms. The number of benzene rings is 5. The number of anilines is 3. The smallest absolute Gasteiger partial charge is 0.123 e.